The van der Waals surface area contributed by atoms with Crippen LogP contribution in [0.1, 0.15) is 31.2 Å². The summed E-state index contributed by atoms with van der Waals surface area (Å²) < 4.78 is 27.7. The Balaban J connectivity index is 2.17. The molecule has 0 saturated heterocycles. The lowest BCUT2D eigenvalue weighted by molar-refractivity contribution is 0.551. The SMILES string of the molecule is CSC1(CNS(=O)(=O)c2cc(N)ccc2C)CCCC1. The molecule has 0 atom stereocenters. The Kier molecular flexibility index (Phi) is 4.66. The molecule has 4 nitrogen and oxygen atoms in total. The molecule has 1 saturated carbocycles. The lowest BCUT2D eigenvalue weighted by Crippen LogP contribution is -2.38. The van der Waals surface area contributed by atoms with Crippen LogP contribution in [0.2, 0.25) is 0 Å². The van der Waals surface area contributed by atoms with Crippen LogP contribution in [0.25, 0.3) is 0 Å². The lowest BCUT2D eigenvalue weighted by atomic mass is 10.1. The second-order valence-corrected chi connectivity index (χ2v) is 8.45. The summed E-state index contributed by atoms with van der Waals surface area (Å²) in [5.74, 6) is 0. The van der Waals surface area contributed by atoms with Gasteiger partial charge in [-0.1, -0.05) is 18.9 Å². The van der Waals surface area contributed by atoms with Crippen LogP contribution in [0.15, 0.2) is 23.1 Å². The van der Waals surface area contributed by atoms with Crippen LogP contribution in [-0.2, 0) is 10.0 Å². The molecule has 0 amide bonds. The monoisotopic (exact) mass is 314 g/mol. The zero-order chi connectivity index (χ0) is 14.8. The predicted molar refractivity (Wildman–Crippen MR) is 85.5 cm³/mol. The van der Waals surface area contributed by atoms with Crippen molar-refractivity contribution in [2.45, 2.75) is 42.2 Å². The molecule has 1 aromatic rings. The molecule has 1 fully saturated rings. The first-order chi connectivity index (χ1) is 9.38. The summed E-state index contributed by atoms with van der Waals surface area (Å²) in [5.41, 5.74) is 6.89. The van der Waals surface area contributed by atoms with E-state index in [-0.39, 0.29) is 9.64 Å². The van der Waals surface area contributed by atoms with Crippen molar-refractivity contribution >= 4 is 27.5 Å². The molecule has 0 radical (unpaired) electrons. The Hall–Kier alpha value is -0.720. The molecular formula is C14H22N2O2S2. The fraction of sp³-hybridized carbons (Fsp3) is 0.571. The minimum absolute atomic E-state index is 0.0568. The molecule has 1 aliphatic rings. The number of aryl methyl sites for hydroxylation is 1. The van der Waals surface area contributed by atoms with Crippen molar-refractivity contribution in [3.05, 3.63) is 23.8 Å². The third-order valence-electron chi connectivity index (χ3n) is 4.03. The highest BCUT2D eigenvalue weighted by Crippen LogP contribution is 2.39. The van der Waals surface area contributed by atoms with Crippen LogP contribution < -0.4 is 10.5 Å². The number of nitrogens with two attached hydrogens (primary N) is 1. The van der Waals surface area contributed by atoms with Gasteiger partial charge in [-0.05, 0) is 43.7 Å². The molecule has 2 rings (SSSR count). The first kappa shape index (κ1) is 15.7. The fourth-order valence-electron chi connectivity index (χ4n) is 2.68. The number of sulfonamides is 1. The maximum Gasteiger partial charge on any atom is 0.240 e. The van der Waals surface area contributed by atoms with Gasteiger partial charge >= 0.3 is 0 Å². The third-order valence-corrected chi connectivity index (χ3v) is 7.00. The van der Waals surface area contributed by atoms with Crippen molar-refractivity contribution in [2.75, 3.05) is 18.5 Å². The Morgan fingerprint density at radius 3 is 2.60 bits per heavy atom. The molecule has 0 spiro atoms. The first-order valence-electron chi connectivity index (χ1n) is 6.79. The topological polar surface area (TPSA) is 72.2 Å². The van der Waals surface area contributed by atoms with Gasteiger partial charge in [0.1, 0.15) is 0 Å². The number of benzene rings is 1. The van der Waals surface area contributed by atoms with Crippen LogP contribution in [-0.4, -0.2) is 26.0 Å². The summed E-state index contributed by atoms with van der Waals surface area (Å²) in [7, 11) is -3.49. The molecule has 0 unspecified atom stereocenters. The van der Waals surface area contributed by atoms with E-state index >= 15 is 0 Å². The van der Waals surface area contributed by atoms with E-state index in [9.17, 15) is 8.42 Å². The summed E-state index contributed by atoms with van der Waals surface area (Å²) in [6.45, 7) is 2.28. The molecule has 0 heterocycles. The molecular weight excluding hydrogens is 292 g/mol. The highest BCUT2D eigenvalue weighted by Gasteiger charge is 2.34. The lowest BCUT2D eigenvalue weighted by Gasteiger charge is -2.27. The number of hydrogen-bond acceptors (Lipinski definition) is 4. The molecule has 6 heteroatoms. The maximum atomic E-state index is 12.4. The number of thioether (sulfide) groups is 1. The van der Waals surface area contributed by atoms with Gasteiger partial charge in [0.15, 0.2) is 0 Å². The van der Waals surface area contributed by atoms with Gasteiger partial charge in [-0.25, -0.2) is 13.1 Å². The Bertz CT molecular complexity index is 579. The zero-order valence-electron chi connectivity index (χ0n) is 12.0. The van der Waals surface area contributed by atoms with E-state index in [0.29, 0.717) is 12.2 Å². The van der Waals surface area contributed by atoms with Crippen LogP contribution in [0.5, 0.6) is 0 Å². The molecule has 3 N–H and O–H groups in total. The Morgan fingerprint density at radius 1 is 1.35 bits per heavy atom. The van der Waals surface area contributed by atoms with E-state index < -0.39 is 10.0 Å². The van der Waals surface area contributed by atoms with Gasteiger partial charge in [-0.3, -0.25) is 0 Å². The van der Waals surface area contributed by atoms with Gasteiger partial charge in [0.05, 0.1) is 4.90 Å². The van der Waals surface area contributed by atoms with Crippen LogP contribution in [0.4, 0.5) is 5.69 Å². The maximum absolute atomic E-state index is 12.4. The van der Waals surface area contributed by atoms with Gasteiger partial charge < -0.3 is 5.73 Å². The quantitative estimate of drug-likeness (QED) is 0.819. The average Bonchev–Trinajstić information content (AvgIpc) is 2.89. The van der Waals surface area contributed by atoms with Crippen LogP contribution in [0.3, 0.4) is 0 Å². The van der Waals surface area contributed by atoms with Crippen LogP contribution in [0, 0.1) is 6.92 Å². The Morgan fingerprint density at radius 2 is 2.00 bits per heavy atom. The smallest absolute Gasteiger partial charge is 0.240 e. The zero-order valence-corrected chi connectivity index (χ0v) is 13.6. The largest absolute Gasteiger partial charge is 0.399 e. The van der Waals surface area contributed by atoms with Crippen LogP contribution >= 0.6 is 11.8 Å². The van der Waals surface area contributed by atoms with Gasteiger partial charge in [-0.2, -0.15) is 11.8 Å². The molecule has 1 aromatic carbocycles. The normalized spacial score (nSPS) is 18.3. The molecule has 0 bridgehead atoms. The van der Waals surface area contributed by atoms with E-state index in [1.54, 1.807) is 30.8 Å². The number of nitrogens with one attached hydrogen (secondary N) is 1. The number of anilines is 1. The summed E-state index contributed by atoms with van der Waals surface area (Å²) in [6.07, 6.45) is 6.57. The highest BCUT2D eigenvalue weighted by atomic mass is 32.2. The molecule has 0 aliphatic heterocycles. The predicted octanol–water partition coefficient (Wildman–Crippen LogP) is 2.53. The van der Waals surface area contributed by atoms with Crippen molar-refractivity contribution in [2.24, 2.45) is 0 Å². The number of nitrogen functional groups attached to an aromatic ring is 1. The molecule has 0 aromatic heterocycles. The minimum atomic E-state index is -3.49. The van der Waals surface area contributed by atoms with E-state index in [1.807, 2.05) is 0 Å². The van der Waals surface area contributed by atoms with Gasteiger partial charge in [0.25, 0.3) is 0 Å². The third kappa shape index (κ3) is 3.30. The van der Waals surface area contributed by atoms with Gasteiger partial charge in [-0.15, -0.1) is 0 Å². The summed E-state index contributed by atoms with van der Waals surface area (Å²) in [5, 5.41) is 0. The van der Waals surface area contributed by atoms with E-state index in [4.69, 9.17) is 5.73 Å². The molecule has 112 valence electrons. The van der Waals surface area contributed by atoms with E-state index in [0.717, 1.165) is 18.4 Å². The first-order valence-corrected chi connectivity index (χ1v) is 9.50. The van der Waals surface area contributed by atoms with Crippen molar-refractivity contribution in [3.63, 3.8) is 0 Å². The summed E-state index contributed by atoms with van der Waals surface area (Å²) >= 11 is 1.77. The second-order valence-electron chi connectivity index (χ2n) is 5.44. The Labute approximate surface area is 125 Å². The van der Waals surface area contributed by atoms with Crippen molar-refractivity contribution in [1.82, 2.24) is 4.72 Å². The summed E-state index contributed by atoms with van der Waals surface area (Å²) in [6, 6.07) is 4.98. The van der Waals surface area contributed by atoms with Crippen molar-refractivity contribution in [1.29, 1.82) is 0 Å². The molecule has 20 heavy (non-hydrogen) atoms. The van der Waals surface area contributed by atoms with Gasteiger partial charge in [0, 0.05) is 17.0 Å². The second kappa shape index (κ2) is 5.95. The van der Waals surface area contributed by atoms with E-state index in [2.05, 4.69) is 11.0 Å². The standard InChI is InChI=1S/C14H22N2O2S2/c1-11-5-6-12(15)9-13(11)20(17,18)16-10-14(19-2)7-3-4-8-14/h5-6,9,16H,3-4,7-8,10,15H2,1-2H3. The number of hydrogen-bond donors (Lipinski definition) is 2. The van der Waals surface area contributed by atoms with Crippen molar-refractivity contribution < 1.29 is 8.42 Å². The number of rotatable bonds is 5. The minimum Gasteiger partial charge on any atom is -0.399 e. The summed E-state index contributed by atoms with van der Waals surface area (Å²) in [4.78, 5) is 0.284. The molecule has 1 aliphatic carbocycles. The highest BCUT2D eigenvalue weighted by molar-refractivity contribution is 8.00. The fourth-order valence-corrected chi connectivity index (χ4v) is 5.09. The van der Waals surface area contributed by atoms with Crippen molar-refractivity contribution in [3.8, 4) is 0 Å². The average molecular weight is 314 g/mol. The van der Waals surface area contributed by atoms with Gasteiger partial charge in [0.2, 0.25) is 10.0 Å². The van der Waals surface area contributed by atoms with E-state index in [1.165, 1.54) is 18.9 Å².